The molecule has 0 radical (unpaired) electrons. The third-order valence-electron chi connectivity index (χ3n) is 2.25. The van der Waals surface area contributed by atoms with E-state index in [2.05, 4.69) is 0 Å². The third kappa shape index (κ3) is 2.58. The van der Waals surface area contributed by atoms with Crippen LogP contribution in [-0.2, 0) is 0 Å². The highest BCUT2D eigenvalue weighted by atomic mass is 35.5. The molecule has 2 atom stereocenters. The molecule has 1 rings (SSSR count). The Morgan fingerprint density at radius 3 is 2.62 bits per heavy atom. The lowest BCUT2D eigenvalue weighted by molar-refractivity contribution is 0.0303. The lowest BCUT2D eigenvalue weighted by atomic mass is 10.00. The van der Waals surface area contributed by atoms with Crippen LogP contribution in [0.5, 0.6) is 0 Å². The summed E-state index contributed by atoms with van der Waals surface area (Å²) in [6.07, 6.45) is -2.70. The molecule has 0 aliphatic carbocycles. The van der Waals surface area contributed by atoms with E-state index in [9.17, 15) is 19.4 Å². The zero-order valence-corrected chi connectivity index (χ0v) is 9.41. The van der Waals surface area contributed by atoms with Crippen molar-refractivity contribution in [2.75, 3.05) is 5.88 Å². The Labute approximate surface area is 97.5 Å². The van der Waals surface area contributed by atoms with Gasteiger partial charge in [0, 0.05) is 5.56 Å². The van der Waals surface area contributed by atoms with Crippen molar-refractivity contribution < 1.29 is 19.4 Å². The largest absolute Gasteiger partial charge is 0.389 e. The van der Waals surface area contributed by atoms with E-state index in [4.69, 9.17) is 11.6 Å². The van der Waals surface area contributed by atoms with Crippen LogP contribution in [0.15, 0.2) is 18.2 Å². The van der Waals surface area contributed by atoms with Crippen LogP contribution < -0.4 is 0 Å². The number of hydrogen-bond donors (Lipinski definition) is 2. The predicted molar refractivity (Wildman–Crippen MR) is 58.1 cm³/mol. The van der Waals surface area contributed by atoms with Crippen molar-refractivity contribution in [3.63, 3.8) is 0 Å². The Bertz CT molecular complexity index is 395. The van der Waals surface area contributed by atoms with E-state index in [1.807, 2.05) is 0 Å². The van der Waals surface area contributed by atoms with Gasteiger partial charge in [-0.15, -0.1) is 11.6 Å². The van der Waals surface area contributed by atoms with Crippen LogP contribution in [0.2, 0.25) is 0 Å². The standard InChI is InChI=1S/C11H12ClFO3/c1-6(14)7-3-2-4-8(10(7)13)11(16)9(15)5-12/h2-4,9,11,15-16H,5H2,1H3. The van der Waals surface area contributed by atoms with E-state index in [0.717, 1.165) is 0 Å². The van der Waals surface area contributed by atoms with Crippen LogP contribution in [-0.4, -0.2) is 28.0 Å². The first kappa shape index (κ1) is 13.1. The van der Waals surface area contributed by atoms with Gasteiger partial charge in [-0.1, -0.05) is 12.1 Å². The normalized spacial score (nSPS) is 14.6. The highest BCUT2D eigenvalue weighted by Crippen LogP contribution is 2.23. The summed E-state index contributed by atoms with van der Waals surface area (Å²) >= 11 is 5.35. The second-order valence-electron chi connectivity index (χ2n) is 3.43. The lowest BCUT2D eigenvalue weighted by Gasteiger charge is -2.17. The van der Waals surface area contributed by atoms with Crippen molar-refractivity contribution in [1.82, 2.24) is 0 Å². The van der Waals surface area contributed by atoms with Gasteiger partial charge in [-0.2, -0.15) is 0 Å². The molecule has 0 aliphatic rings. The van der Waals surface area contributed by atoms with Crippen molar-refractivity contribution in [3.8, 4) is 0 Å². The summed E-state index contributed by atoms with van der Waals surface area (Å²) in [6.45, 7) is 1.23. The molecule has 1 aromatic rings. The third-order valence-corrected chi connectivity index (χ3v) is 2.57. The number of carbonyl (C=O) groups is 1. The Hall–Kier alpha value is -0.970. The van der Waals surface area contributed by atoms with E-state index in [1.54, 1.807) is 0 Å². The molecule has 5 heteroatoms. The molecule has 0 aliphatic heterocycles. The molecule has 2 unspecified atom stereocenters. The van der Waals surface area contributed by atoms with Crippen molar-refractivity contribution in [1.29, 1.82) is 0 Å². The second-order valence-corrected chi connectivity index (χ2v) is 3.74. The Kier molecular flexibility index (Phi) is 4.41. The number of hydrogen-bond acceptors (Lipinski definition) is 3. The molecule has 0 bridgehead atoms. The first-order valence-corrected chi connectivity index (χ1v) is 5.24. The predicted octanol–water partition coefficient (Wildman–Crippen LogP) is 1.66. The fourth-order valence-electron chi connectivity index (χ4n) is 1.34. The molecular formula is C11H12ClFO3. The van der Waals surface area contributed by atoms with Crippen molar-refractivity contribution >= 4 is 17.4 Å². The maximum absolute atomic E-state index is 13.7. The summed E-state index contributed by atoms with van der Waals surface area (Å²) in [5.41, 5.74) is -0.237. The minimum absolute atomic E-state index is 0.113. The van der Waals surface area contributed by atoms with Crippen LogP contribution in [0.25, 0.3) is 0 Å². The fourth-order valence-corrected chi connectivity index (χ4v) is 1.51. The minimum Gasteiger partial charge on any atom is -0.389 e. The van der Waals surface area contributed by atoms with Crippen LogP contribution >= 0.6 is 11.6 Å². The van der Waals surface area contributed by atoms with Crippen LogP contribution in [0.3, 0.4) is 0 Å². The Balaban J connectivity index is 3.15. The number of alkyl halides is 1. The van der Waals surface area contributed by atoms with Crippen LogP contribution in [0, 0.1) is 5.82 Å². The molecule has 0 fully saturated rings. The summed E-state index contributed by atoms with van der Waals surface area (Å²) < 4.78 is 13.7. The lowest BCUT2D eigenvalue weighted by Crippen LogP contribution is -2.21. The molecule has 0 amide bonds. The quantitative estimate of drug-likeness (QED) is 0.628. The van der Waals surface area contributed by atoms with Gasteiger partial charge in [-0.05, 0) is 13.0 Å². The molecule has 88 valence electrons. The van der Waals surface area contributed by atoms with E-state index in [0.29, 0.717) is 0 Å². The number of aliphatic hydroxyl groups is 2. The molecule has 16 heavy (non-hydrogen) atoms. The number of halogens is 2. The summed E-state index contributed by atoms with van der Waals surface area (Å²) in [5.74, 6) is -1.47. The van der Waals surface area contributed by atoms with Gasteiger partial charge in [-0.25, -0.2) is 4.39 Å². The SMILES string of the molecule is CC(=O)c1cccc(C(O)C(O)CCl)c1F. The molecule has 0 saturated heterocycles. The molecular weight excluding hydrogens is 235 g/mol. The smallest absolute Gasteiger partial charge is 0.162 e. The fraction of sp³-hybridized carbons (Fsp3) is 0.364. The number of aliphatic hydroxyl groups excluding tert-OH is 2. The van der Waals surface area contributed by atoms with Gasteiger partial charge >= 0.3 is 0 Å². The number of carbonyl (C=O) groups excluding carboxylic acids is 1. The van der Waals surface area contributed by atoms with Crippen LogP contribution in [0.1, 0.15) is 28.9 Å². The van der Waals surface area contributed by atoms with Gasteiger partial charge in [0.1, 0.15) is 11.9 Å². The van der Waals surface area contributed by atoms with Gasteiger partial charge in [0.25, 0.3) is 0 Å². The number of rotatable bonds is 4. The van der Waals surface area contributed by atoms with E-state index in [-0.39, 0.29) is 17.0 Å². The van der Waals surface area contributed by atoms with Crippen LogP contribution in [0.4, 0.5) is 4.39 Å². The minimum atomic E-state index is -1.43. The van der Waals surface area contributed by atoms with E-state index in [1.165, 1.54) is 25.1 Å². The first-order chi connectivity index (χ1) is 7.49. The van der Waals surface area contributed by atoms with Gasteiger partial charge in [0.2, 0.25) is 0 Å². The van der Waals surface area contributed by atoms with Crippen molar-refractivity contribution in [2.24, 2.45) is 0 Å². The van der Waals surface area contributed by atoms with Crippen molar-refractivity contribution in [3.05, 3.63) is 35.1 Å². The highest BCUT2D eigenvalue weighted by molar-refractivity contribution is 6.18. The monoisotopic (exact) mass is 246 g/mol. The number of ketones is 1. The number of Topliss-reactive ketones (excluding diaryl/α,β-unsaturated/α-hetero) is 1. The zero-order chi connectivity index (χ0) is 12.3. The van der Waals surface area contributed by atoms with Gasteiger partial charge in [0.15, 0.2) is 5.78 Å². The van der Waals surface area contributed by atoms with Crippen molar-refractivity contribution in [2.45, 2.75) is 19.1 Å². The summed E-state index contributed by atoms with van der Waals surface area (Å²) in [5, 5.41) is 18.9. The molecule has 0 spiro atoms. The summed E-state index contributed by atoms with van der Waals surface area (Å²) in [4.78, 5) is 11.1. The average Bonchev–Trinajstić information content (AvgIpc) is 2.27. The second kappa shape index (κ2) is 5.39. The van der Waals surface area contributed by atoms with Gasteiger partial charge < -0.3 is 10.2 Å². The van der Waals surface area contributed by atoms with Gasteiger partial charge in [-0.3, -0.25) is 4.79 Å². The van der Waals surface area contributed by atoms with E-state index >= 15 is 0 Å². The zero-order valence-electron chi connectivity index (χ0n) is 8.65. The van der Waals surface area contributed by atoms with Gasteiger partial charge in [0.05, 0.1) is 17.5 Å². The highest BCUT2D eigenvalue weighted by Gasteiger charge is 2.23. The maximum atomic E-state index is 13.7. The number of benzene rings is 1. The summed E-state index contributed by atoms with van der Waals surface area (Å²) in [6, 6.07) is 4.07. The molecule has 0 saturated carbocycles. The summed E-state index contributed by atoms with van der Waals surface area (Å²) in [7, 11) is 0. The first-order valence-electron chi connectivity index (χ1n) is 4.70. The Morgan fingerprint density at radius 2 is 2.12 bits per heavy atom. The molecule has 1 aromatic carbocycles. The average molecular weight is 247 g/mol. The molecule has 0 aromatic heterocycles. The molecule has 3 nitrogen and oxygen atoms in total. The topological polar surface area (TPSA) is 57.5 Å². The van der Waals surface area contributed by atoms with E-state index < -0.39 is 23.8 Å². The Morgan fingerprint density at radius 1 is 1.50 bits per heavy atom. The maximum Gasteiger partial charge on any atom is 0.162 e. The molecule has 0 heterocycles. The molecule has 2 N–H and O–H groups in total.